The molecular formula is C11H15O2PS. The molecule has 2 rings (SSSR count). The lowest BCUT2D eigenvalue weighted by atomic mass is 9.96. The van der Waals surface area contributed by atoms with Gasteiger partial charge >= 0.3 is 0 Å². The zero-order valence-electron chi connectivity index (χ0n) is 8.47. The van der Waals surface area contributed by atoms with Crippen LogP contribution in [0, 0.1) is 0 Å². The summed E-state index contributed by atoms with van der Waals surface area (Å²) in [6.07, 6.45) is 2.56. The Kier molecular flexibility index (Phi) is 4.04. The van der Waals surface area contributed by atoms with Crippen molar-refractivity contribution in [1.29, 1.82) is 0 Å². The molecule has 0 aromatic heterocycles. The normalized spacial score (nSPS) is 21.9. The van der Waals surface area contributed by atoms with Crippen LogP contribution in [0.15, 0.2) is 24.3 Å². The number of benzene rings is 1. The van der Waals surface area contributed by atoms with Gasteiger partial charge in [0, 0.05) is 11.1 Å². The largest absolute Gasteiger partial charge is 0.347 e. The lowest BCUT2D eigenvalue weighted by Crippen LogP contribution is -2.09. The summed E-state index contributed by atoms with van der Waals surface area (Å²) in [6, 6.07) is 7.74. The summed E-state index contributed by atoms with van der Waals surface area (Å²) in [7, 11) is -1.93. The molecular weight excluding hydrogens is 227 g/mol. The summed E-state index contributed by atoms with van der Waals surface area (Å²) in [4.78, 5) is 18.1. The summed E-state index contributed by atoms with van der Waals surface area (Å²) in [6.45, 7) is 0. The lowest BCUT2D eigenvalue weighted by Gasteiger charge is -2.21. The maximum atomic E-state index is 9.04. The third-order valence-electron chi connectivity index (χ3n) is 2.76. The number of rotatable bonds is 2. The van der Waals surface area contributed by atoms with Crippen molar-refractivity contribution in [2.75, 3.05) is 11.5 Å². The molecule has 2 N–H and O–H groups in total. The van der Waals surface area contributed by atoms with Gasteiger partial charge in [0.2, 0.25) is 0 Å². The average molecular weight is 242 g/mol. The predicted octanol–water partition coefficient (Wildman–Crippen LogP) is 2.22. The van der Waals surface area contributed by atoms with Gasteiger partial charge < -0.3 is 9.79 Å². The van der Waals surface area contributed by atoms with Crippen LogP contribution >= 0.6 is 20.1 Å². The fraction of sp³-hybridized carbons (Fsp3) is 0.455. The Morgan fingerprint density at radius 2 is 1.93 bits per heavy atom. The van der Waals surface area contributed by atoms with E-state index in [1.54, 1.807) is 0 Å². The first-order chi connectivity index (χ1) is 7.27. The summed E-state index contributed by atoms with van der Waals surface area (Å²) in [5.41, 5.74) is 1.34. The smallest absolute Gasteiger partial charge is 0.199 e. The van der Waals surface area contributed by atoms with Gasteiger partial charge in [-0.15, -0.1) is 0 Å². The van der Waals surface area contributed by atoms with E-state index in [2.05, 4.69) is 0 Å². The van der Waals surface area contributed by atoms with Crippen molar-refractivity contribution >= 4 is 25.4 Å². The Hall–Kier alpha value is -0.0800. The molecule has 0 saturated carbocycles. The van der Waals surface area contributed by atoms with Crippen molar-refractivity contribution in [3.05, 3.63) is 29.8 Å². The highest BCUT2D eigenvalue weighted by molar-refractivity contribution is 7.99. The minimum atomic E-state index is -1.93. The molecule has 1 atom stereocenters. The third-order valence-corrected chi connectivity index (χ3v) is 4.73. The van der Waals surface area contributed by atoms with E-state index in [0.717, 1.165) is 0 Å². The van der Waals surface area contributed by atoms with Gasteiger partial charge in [0.25, 0.3) is 0 Å². The molecule has 82 valence electrons. The van der Waals surface area contributed by atoms with Gasteiger partial charge in [-0.25, -0.2) is 0 Å². The summed E-state index contributed by atoms with van der Waals surface area (Å²) in [5.74, 6) is 3.14. The van der Waals surface area contributed by atoms with E-state index >= 15 is 0 Å². The van der Waals surface area contributed by atoms with Crippen molar-refractivity contribution in [2.45, 2.75) is 18.8 Å². The van der Waals surface area contributed by atoms with E-state index in [-0.39, 0.29) is 0 Å². The standard InChI is InChI=1S/C11H15O2PS/c12-14(13)11-5-3-9(4-6-11)10-2-1-7-15-8-10/h3-6,10,12-13H,1-2,7-8H2. The number of thioether (sulfide) groups is 1. The van der Waals surface area contributed by atoms with Crippen LogP contribution in [-0.4, -0.2) is 21.3 Å². The number of hydrogen-bond donors (Lipinski definition) is 2. The summed E-state index contributed by atoms with van der Waals surface area (Å²) in [5, 5.41) is 0.636. The van der Waals surface area contributed by atoms with Crippen molar-refractivity contribution in [3.8, 4) is 0 Å². The summed E-state index contributed by atoms with van der Waals surface area (Å²) >= 11 is 2.01. The van der Waals surface area contributed by atoms with E-state index in [1.165, 1.54) is 29.9 Å². The SMILES string of the molecule is OP(O)c1ccc(C2CCCSC2)cc1. The van der Waals surface area contributed by atoms with Crippen molar-refractivity contribution in [3.63, 3.8) is 0 Å². The quantitative estimate of drug-likeness (QED) is 0.781. The Morgan fingerprint density at radius 3 is 2.47 bits per heavy atom. The second kappa shape index (κ2) is 5.31. The van der Waals surface area contributed by atoms with Crippen LogP contribution in [0.3, 0.4) is 0 Å². The molecule has 1 aromatic carbocycles. The molecule has 1 aliphatic rings. The topological polar surface area (TPSA) is 40.5 Å². The molecule has 1 saturated heterocycles. The van der Waals surface area contributed by atoms with Gasteiger partial charge in [-0.2, -0.15) is 11.8 Å². The van der Waals surface area contributed by atoms with Gasteiger partial charge in [-0.05, 0) is 42.2 Å². The molecule has 0 aliphatic carbocycles. The molecule has 15 heavy (non-hydrogen) atoms. The van der Waals surface area contributed by atoms with Gasteiger partial charge in [-0.3, -0.25) is 0 Å². The van der Waals surface area contributed by atoms with Crippen molar-refractivity contribution < 1.29 is 9.79 Å². The first-order valence-electron chi connectivity index (χ1n) is 5.13. The Labute approximate surface area is 95.6 Å². The van der Waals surface area contributed by atoms with E-state index in [9.17, 15) is 0 Å². The highest BCUT2D eigenvalue weighted by atomic mass is 32.2. The van der Waals surface area contributed by atoms with Gasteiger partial charge in [0.15, 0.2) is 8.38 Å². The zero-order chi connectivity index (χ0) is 10.7. The number of hydrogen-bond acceptors (Lipinski definition) is 3. The fourth-order valence-electron chi connectivity index (χ4n) is 1.88. The van der Waals surface area contributed by atoms with Crippen LogP contribution in [-0.2, 0) is 0 Å². The van der Waals surface area contributed by atoms with Gasteiger partial charge in [0.1, 0.15) is 0 Å². The van der Waals surface area contributed by atoms with Crippen LogP contribution in [0.1, 0.15) is 24.3 Å². The average Bonchev–Trinajstić information content (AvgIpc) is 2.30. The molecule has 1 aliphatic heterocycles. The van der Waals surface area contributed by atoms with Crippen LogP contribution in [0.2, 0.25) is 0 Å². The third kappa shape index (κ3) is 2.94. The van der Waals surface area contributed by atoms with Gasteiger partial charge in [0.05, 0.1) is 0 Å². The van der Waals surface area contributed by atoms with E-state index in [0.29, 0.717) is 11.2 Å². The minimum Gasteiger partial charge on any atom is -0.347 e. The van der Waals surface area contributed by atoms with E-state index in [1.807, 2.05) is 36.0 Å². The van der Waals surface area contributed by atoms with Crippen LogP contribution in [0.5, 0.6) is 0 Å². The first kappa shape index (κ1) is 11.4. The molecule has 4 heteroatoms. The molecule has 1 aromatic rings. The lowest BCUT2D eigenvalue weighted by molar-refractivity contribution is 0.497. The molecule has 2 nitrogen and oxygen atoms in total. The Morgan fingerprint density at radius 1 is 1.20 bits per heavy atom. The zero-order valence-corrected chi connectivity index (χ0v) is 10.2. The van der Waals surface area contributed by atoms with Crippen molar-refractivity contribution in [1.82, 2.24) is 0 Å². The van der Waals surface area contributed by atoms with Crippen LogP contribution in [0.4, 0.5) is 0 Å². The highest BCUT2D eigenvalue weighted by Crippen LogP contribution is 2.31. The maximum Gasteiger partial charge on any atom is 0.199 e. The Balaban J connectivity index is 2.08. The fourth-order valence-corrected chi connectivity index (χ4v) is 3.48. The second-order valence-corrected chi connectivity index (χ2v) is 6.04. The predicted molar refractivity (Wildman–Crippen MR) is 66.7 cm³/mol. The molecule has 0 radical (unpaired) electrons. The van der Waals surface area contributed by atoms with Gasteiger partial charge in [-0.1, -0.05) is 12.1 Å². The molecule has 1 unspecified atom stereocenters. The van der Waals surface area contributed by atoms with E-state index < -0.39 is 8.38 Å². The summed E-state index contributed by atoms with van der Waals surface area (Å²) < 4.78 is 0. The monoisotopic (exact) mass is 242 g/mol. The molecule has 0 amide bonds. The van der Waals surface area contributed by atoms with Crippen molar-refractivity contribution in [2.24, 2.45) is 0 Å². The molecule has 0 spiro atoms. The Bertz CT molecular complexity index is 307. The highest BCUT2D eigenvalue weighted by Gasteiger charge is 2.15. The van der Waals surface area contributed by atoms with E-state index in [4.69, 9.17) is 9.79 Å². The molecule has 1 heterocycles. The van der Waals surface area contributed by atoms with Crippen LogP contribution in [0.25, 0.3) is 0 Å². The maximum absolute atomic E-state index is 9.04. The molecule has 0 bridgehead atoms. The second-order valence-electron chi connectivity index (χ2n) is 3.80. The minimum absolute atomic E-state index is 0.636. The molecule has 1 fully saturated rings. The first-order valence-corrected chi connectivity index (χ1v) is 7.53. The van der Waals surface area contributed by atoms with Crippen LogP contribution < -0.4 is 5.30 Å².